The lowest BCUT2D eigenvalue weighted by Crippen LogP contribution is -2.33. The molecule has 1 heterocycles. The number of ether oxygens (including phenoxy) is 1. The summed E-state index contributed by atoms with van der Waals surface area (Å²) in [6.07, 6.45) is 4.00. The first-order valence-corrected chi connectivity index (χ1v) is 4.60. The number of hydrogen-bond acceptors (Lipinski definition) is 2. The van der Waals surface area contributed by atoms with Crippen molar-refractivity contribution in [3.8, 4) is 0 Å². The van der Waals surface area contributed by atoms with Crippen LogP contribution >= 0.6 is 0 Å². The van der Waals surface area contributed by atoms with E-state index in [0.717, 1.165) is 25.8 Å². The van der Waals surface area contributed by atoms with Gasteiger partial charge in [0.15, 0.2) is 0 Å². The molecule has 0 radical (unpaired) electrons. The van der Waals surface area contributed by atoms with Crippen LogP contribution in [-0.4, -0.2) is 25.8 Å². The number of hydrogen-bond donors (Lipinski definition) is 1. The van der Waals surface area contributed by atoms with Crippen LogP contribution in [0.4, 0.5) is 0 Å². The minimum Gasteiger partial charge on any atom is -0.381 e. The van der Waals surface area contributed by atoms with E-state index in [1.807, 2.05) is 0 Å². The second kappa shape index (κ2) is 2.76. The third kappa shape index (κ3) is 1.94. The van der Waals surface area contributed by atoms with Crippen LogP contribution in [0, 0.1) is 5.41 Å². The monoisotopic (exact) mass is 155 g/mol. The maximum Gasteiger partial charge on any atom is 0.0532 e. The highest BCUT2D eigenvalue weighted by atomic mass is 16.5. The Morgan fingerprint density at radius 3 is 2.91 bits per heavy atom. The van der Waals surface area contributed by atoms with Crippen LogP contribution in [-0.2, 0) is 4.74 Å². The Morgan fingerprint density at radius 2 is 2.36 bits per heavy atom. The fourth-order valence-electron chi connectivity index (χ4n) is 1.53. The number of nitrogens with one attached hydrogen (secondary N) is 1. The molecule has 1 N–H and O–H groups in total. The molecule has 1 saturated carbocycles. The molecule has 1 unspecified atom stereocenters. The molecule has 2 rings (SSSR count). The summed E-state index contributed by atoms with van der Waals surface area (Å²) in [6, 6.07) is 0.840. The first kappa shape index (κ1) is 7.56. The highest BCUT2D eigenvalue weighted by Crippen LogP contribution is 2.28. The maximum absolute atomic E-state index is 5.37. The van der Waals surface area contributed by atoms with Gasteiger partial charge in [0, 0.05) is 24.6 Å². The molecule has 2 fully saturated rings. The Bertz CT molecular complexity index is 136. The highest BCUT2D eigenvalue weighted by molar-refractivity contribution is 4.87. The van der Waals surface area contributed by atoms with Gasteiger partial charge in [-0.05, 0) is 19.3 Å². The molecule has 11 heavy (non-hydrogen) atoms. The van der Waals surface area contributed by atoms with Crippen LogP contribution in [0.3, 0.4) is 0 Å². The van der Waals surface area contributed by atoms with Gasteiger partial charge < -0.3 is 10.1 Å². The molecule has 1 atom stereocenters. The van der Waals surface area contributed by atoms with Gasteiger partial charge in [-0.2, -0.15) is 0 Å². The molecule has 0 spiro atoms. The van der Waals surface area contributed by atoms with E-state index < -0.39 is 0 Å². The summed E-state index contributed by atoms with van der Waals surface area (Å²) in [5.41, 5.74) is 0.433. The zero-order valence-corrected chi connectivity index (χ0v) is 7.23. The van der Waals surface area contributed by atoms with E-state index in [-0.39, 0.29) is 0 Å². The second-order valence-corrected chi connectivity index (χ2v) is 4.27. The molecule has 2 nitrogen and oxygen atoms in total. The maximum atomic E-state index is 5.37. The molecule has 0 bridgehead atoms. The first-order valence-electron chi connectivity index (χ1n) is 4.60. The molecule has 0 amide bonds. The van der Waals surface area contributed by atoms with E-state index in [1.54, 1.807) is 0 Å². The van der Waals surface area contributed by atoms with Gasteiger partial charge in [-0.25, -0.2) is 0 Å². The predicted molar refractivity (Wildman–Crippen MR) is 44.6 cm³/mol. The number of rotatable bonds is 3. The van der Waals surface area contributed by atoms with Crippen molar-refractivity contribution in [3.63, 3.8) is 0 Å². The van der Waals surface area contributed by atoms with Crippen molar-refractivity contribution in [2.45, 2.75) is 32.2 Å². The lowest BCUT2D eigenvalue weighted by atomic mass is 9.90. The molecule has 0 aromatic rings. The molecular formula is C9H17NO. The largest absolute Gasteiger partial charge is 0.381 e. The van der Waals surface area contributed by atoms with Crippen LogP contribution in [0.25, 0.3) is 0 Å². The fraction of sp³-hybridized carbons (Fsp3) is 1.00. The Balaban J connectivity index is 1.73. The first-order chi connectivity index (χ1) is 5.29. The van der Waals surface area contributed by atoms with Crippen molar-refractivity contribution >= 4 is 0 Å². The summed E-state index contributed by atoms with van der Waals surface area (Å²) in [6.45, 7) is 5.38. The molecule has 64 valence electrons. The average molecular weight is 155 g/mol. The SMILES string of the molecule is CC1(CNC2CC2)CCOC1. The lowest BCUT2D eigenvalue weighted by Gasteiger charge is -2.21. The highest BCUT2D eigenvalue weighted by Gasteiger charge is 2.31. The van der Waals surface area contributed by atoms with Crippen LogP contribution in [0.5, 0.6) is 0 Å². The fourth-order valence-corrected chi connectivity index (χ4v) is 1.53. The van der Waals surface area contributed by atoms with Gasteiger partial charge >= 0.3 is 0 Å². The van der Waals surface area contributed by atoms with E-state index in [2.05, 4.69) is 12.2 Å². The Kier molecular flexibility index (Phi) is 1.90. The van der Waals surface area contributed by atoms with Gasteiger partial charge in [0.25, 0.3) is 0 Å². The standard InChI is InChI=1S/C9H17NO/c1-9(4-5-11-7-9)6-10-8-2-3-8/h8,10H,2-7H2,1H3. The minimum absolute atomic E-state index is 0.433. The van der Waals surface area contributed by atoms with Crippen molar-refractivity contribution in [1.29, 1.82) is 0 Å². The summed E-state index contributed by atoms with van der Waals surface area (Å²) in [5, 5.41) is 3.56. The van der Waals surface area contributed by atoms with Crippen molar-refractivity contribution in [2.24, 2.45) is 5.41 Å². The Hall–Kier alpha value is -0.0800. The molecule has 0 aromatic heterocycles. The molecule has 1 aliphatic heterocycles. The topological polar surface area (TPSA) is 21.3 Å². The molecule has 2 heteroatoms. The van der Waals surface area contributed by atoms with Gasteiger partial charge in [0.2, 0.25) is 0 Å². The summed E-state index contributed by atoms with van der Waals surface area (Å²) in [5.74, 6) is 0. The summed E-state index contributed by atoms with van der Waals surface area (Å²) >= 11 is 0. The molecular weight excluding hydrogens is 138 g/mol. The van der Waals surface area contributed by atoms with Gasteiger partial charge in [0.05, 0.1) is 6.61 Å². The quantitative estimate of drug-likeness (QED) is 0.660. The summed E-state index contributed by atoms with van der Waals surface area (Å²) < 4.78 is 5.37. The van der Waals surface area contributed by atoms with E-state index >= 15 is 0 Å². The minimum atomic E-state index is 0.433. The van der Waals surface area contributed by atoms with Crippen molar-refractivity contribution < 1.29 is 4.74 Å². The predicted octanol–water partition coefficient (Wildman–Crippen LogP) is 1.17. The average Bonchev–Trinajstić information content (AvgIpc) is 2.73. The smallest absolute Gasteiger partial charge is 0.0532 e. The molecule has 1 aliphatic carbocycles. The molecule has 0 aromatic carbocycles. The van der Waals surface area contributed by atoms with Crippen LogP contribution in [0.1, 0.15) is 26.2 Å². The van der Waals surface area contributed by atoms with Gasteiger partial charge in [-0.1, -0.05) is 6.92 Å². The zero-order valence-electron chi connectivity index (χ0n) is 7.23. The molecule has 1 saturated heterocycles. The molecule has 2 aliphatic rings. The lowest BCUT2D eigenvalue weighted by molar-refractivity contribution is 0.158. The summed E-state index contributed by atoms with van der Waals surface area (Å²) in [7, 11) is 0. The second-order valence-electron chi connectivity index (χ2n) is 4.27. The third-order valence-corrected chi connectivity index (χ3v) is 2.70. The van der Waals surface area contributed by atoms with Gasteiger partial charge in [-0.3, -0.25) is 0 Å². The van der Waals surface area contributed by atoms with E-state index in [9.17, 15) is 0 Å². The zero-order chi connectivity index (χ0) is 7.73. The summed E-state index contributed by atoms with van der Waals surface area (Å²) in [4.78, 5) is 0. The van der Waals surface area contributed by atoms with Gasteiger partial charge in [0.1, 0.15) is 0 Å². The van der Waals surface area contributed by atoms with Crippen LogP contribution in [0.2, 0.25) is 0 Å². The van der Waals surface area contributed by atoms with Crippen molar-refractivity contribution in [2.75, 3.05) is 19.8 Å². The van der Waals surface area contributed by atoms with E-state index in [1.165, 1.54) is 19.3 Å². The Morgan fingerprint density at radius 1 is 1.55 bits per heavy atom. The van der Waals surface area contributed by atoms with E-state index in [4.69, 9.17) is 4.74 Å². The van der Waals surface area contributed by atoms with Crippen molar-refractivity contribution in [1.82, 2.24) is 5.32 Å². The van der Waals surface area contributed by atoms with E-state index in [0.29, 0.717) is 5.41 Å². The Labute approximate surface area is 68.3 Å². The van der Waals surface area contributed by atoms with Crippen molar-refractivity contribution in [3.05, 3.63) is 0 Å². The van der Waals surface area contributed by atoms with Crippen LogP contribution in [0.15, 0.2) is 0 Å². The third-order valence-electron chi connectivity index (χ3n) is 2.70. The normalized spacial score (nSPS) is 37.9. The van der Waals surface area contributed by atoms with Crippen LogP contribution < -0.4 is 5.32 Å². The van der Waals surface area contributed by atoms with Gasteiger partial charge in [-0.15, -0.1) is 0 Å².